The van der Waals surface area contributed by atoms with Crippen LogP contribution in [-0.2, 0) is 11.8 Å². The summed E-state index contributed by atoms with van der Waals surface area (Å²) < 4.78 is 1.72. The van der Waals surface area contributed by atoms with E-state index in [0.29, 0.717) is 25.0 Å². The standard InChI is InChI=1S/C21H31N7OS/c1-22-21(27-9-10-28(19(29)15-27)17-13-24-26(3)14-17)23-12-16-6-4-8-25(2)20(16)18-7-5-11-30-18/h5,7,11,13-14,16,20H,4,6,8-10,12,15H2,1-3H3,(H,22,23). The molecule has 2 aromatic heterocycles. The molecular formula is C21H31N7OS. The normalized spacial score (nSPS) is 23.8. The lowest BCUT2D eigenvalue weighted by atomic mass is 9.88. The summed E-state index contributed by atoms with van der Waals surface area (Å²) in [6.07, 6.45) is 6.03. The zero-order valence-electron chi connectivity index (χ0n) is 18.0. The molecule has 162 valence electrons. The maximum Gasteiger partial charge on any atom is 0.246 e. The number of likely N-dealkylation sites (tertiary alicyclic amines) is 1. The topological polar surface area (TPSA) is 69.0 Å². The summed E-state index contributed by atoms with van der Waals surface area (Å²) >= 11 is 1.84. The Morgan fingerprint density at radius 2 is 2.20 bits per heavy atom. The van der Waals surface area contributed by atoms with Gasteiger partial charge in [-0.2, -0.15) is 5.10 Å². The maximum absolute atomic E-state index is 12.8. The van der Waals surface area contributed by atoms with Crippen molar-refractivity contribution in [3.8, 4) is 0 Å². The lowest BCUT2D eigenvalue weighted by Crippen LogP contribution is -2.56. The van der Waals surface area contributed by atoms with Crippen molar-refractivity contribution in [2.45, 2.75) is 18.9 Å². The predicted octanol–water partition coefficient (Wildman–Crippen LogP) is 1.79. The molecule has 0 radical (unpaired) electrons. The van der Waals surface area contributed by atoms with Gasteiger partial charge in [0.2, 0.25) is 5.91 Å². The lowest BCUT2D eigenvalue weighted by molar-refractivity contribution is -0.120. The van der Waals surface area contributed by atoms with Crippen LogP contribution in [0, 0.1) is 5.92 Å². The first-order valence-corrected chi connectivity index (χ1v) is 11.4. The number of piperazine rings is 1. The van der Waals surface area contributed by atoms with Crippen LogP contribution in [0.3, 0.4) is 0 Å². The quantitative estimate of drug-likeness (QED) is 0.593. The fourth-order valence-corrected chi connectivity index (χ4v) is 5.60. The van der Waals surface area contributed by atoms with E-state index in [9.17, 15) is 4.79 Å². The number of rotatable bonds is 4. The molecule has 0 aromatic carbocycles. The average Bonchev–Trinajstić information content (AvgIpc) is 3.40. The van der Waals surface area contributed by atoms with Gasteiger partial charge in [0.25, 0.3) is 0 Å². The molecule has 9 heteroatoms. The first kappa shape index (κ1) is 20.9. The molecule has 0 spiro atoms. The van der Waals surface area contributed by atoms with Crippen molar-refractivity contribution in [2.24, 2.45) is 18.0 Å². The van der Waals surface area contributed by atoms with Gasteiger partial charge in [0.1, 0.15) is 6.54 Å². The van der Waals surface area contributed by atoms with E-state index in [0.717, 1.165) is 31.3 Å². The number of nitrogens with one attached hydrogen (secondary N) is 1. The van der Waals surface area contributed by atoms with Crippen molar-refractivity contribution in [2.75, 3.05) is 51.7 Å². The molecule has 2 atom stereocenters. The van der Waals surface area contributed by atoms with Crippen LogP contribution in [0.25, 0.3) is 0 Å². The molecular weight excluding hydrogens is 398 g/mol. The molecule has 2 saturated heterocycles. The van der Waals surface area contributed by atoms with E-state index in [1.807, 2.05) is 24.6 Å². The Bertz CT molecular complexity index is 878. The fraction of sp³-hybridized carbons (Fsp3) is 0.571. The Morgan fingerprint density at radius 3 is 2.87 bits per heavy atom. The number of aromatic nitrogens is 2. The number of nitrogens with zero attached hydrogens (tertiary/aromatic N) is 6. The van der Waals surface area contributed by atoms with E-state index in [1.165, 1.54) is 17.7 Å². The van der Waals surface area contributed by atoms with Crippen LogP contribution in [0.15, 0.2) is 34.9 Å². The molecule has 2 aliphatic heterocycles. The third-order valence-corrected chi connectivity index (χ3v) is 7.04. The highest BCUT2D eigenvalue weighted by molar-refractivity contribution is 7.10. The van der Waals surface area contributed by atoms with Crippen molar-refractivity contribution in [3.63, 3.8) is 0 Å². The van der Waals surface area contributed by atoms with Crippen molar-refractivity contribution < 1.29 is 4.79 Å². The number of amides is 1. The summed E-state index contributed by atoms with van der Waals surface area (Å²) in [5, 5.41) is 9.91. The minimum atomic E-state index is 0.0751. The summed E-state index contributed by atoms with van der Waals surface area (Å²) in [6.45, 7) is 3.71. The van der Waals surface area contributed by atoms with Crippen molar-refractivity contribution in [1.29, 1.82) is 0 Å². The molecule has 0 saturated carbocycles. The van der Waals surface area contributed by atoms with Gasteiger partial charge in [0.15, 0.2) is 5.96 Å². The van der Waals surface area contributed by atoms with Gasteiger partial charge in [-0.1, -0.05) is 6.07 Å². The van der Waals surface area contributed by atoms with Crippen LogP contribution in [0.4, 0.5) is 5.69 Å². The SMILES string of the molecule is CN=C(NCC1CCCN(C)C1c1cccs1)N1CCN(c2cnn(C)c2)C(=O)C1. The summed E-state index contributed by atoms with van der Waals surface area (Å²) in [6, 6.07) is 4.82. The summed E-state index contributed by atoms with van der Waals surface area (Å²) in [5.74, 6) is 1.41. The van der Waals surface area contributed by atoms with Gasteiger partial charge < -0.3 is 15.1 Å². The first-order valence-electron chi connectivity index (χ1n) is 10.5. The van der Waals surface area contributed by atoms with Gasteiger partial charge in [-0.3, -0.25) is 19.4 Å². The third-order valence-electron chi connectivity index (χ3n) is 6.10. The number of anilines is 1. The molecule has 1 amide bonds. The molecule has 1 N–H and O–H groups in total. The van der Waals surface area contributed by atoms with Crippen LogP contribution in [0.1, 0.15) is 23.8 Å². The smallest absolute Gasteiger partial charge is 0.246 e. The third kappa shape index (κ3) is 4.37. The first-order chi connectivity index (χ1) is 14.6. The number of carbonyl (C=O) groups excluding carboxylic acids is 1. The van der Waals surface area contributed by atoms with E-state index in [2.05, 4.69) is 49.8 Å². The molecule has 4 rings (SSSR count). The zero-order valence-corrected chi connectivity index (χ0v) is 18.8. The molecule has 2 aromatic rings. The van der Waals surface area contributed by atoms with E-state index in [4.69, 9.17) is 0 Å². The number of aliphatic imine (C=N–C) groups is 1. The monoisotopic (exact) mass is 429 g/mol. The lowest BCUT2D eigenvalue weighted by Gasteiger charge is -2.40. The van der Waals surface area contributed by atoms with Crippen LogP contribution in [0.2, 0.25) is 0 Å². The van der Waals surface area contributed by atoms with Crippen LogP contribution >= 0.6 is 11.3 Å². The molecule has 2 unspecified atom stereocenters. The van der Waals surface area contributed by atoms with Gasteiger partial charge in [-0.15, -0.1) is 11.3 Å². The average molecular weight is 430 g/mol. The van der Waals surface area contributed by atoms with Crippen molar-refractivity contribution >= 4 is 28.9 Å². The Balaban J connectivity index is 1.37. The highest BCUT2D eigenvalue weighted by Crippen LogP contribution is 2.36. The Hall–Kier alpha value is -2.39. The maximum atomic E-state index is 12.8. The molecule has 2 fully saturated rings. The van der Waals surface area contributed by atoms with E-state index >= 15 is 0 Å². The molecule has 2 aliphatic rings. The Kier molecular flexibility index (Phi) is 6.38. The number of guanidine groups is 1. The van der Waals surface area contributed by atoms with E-state index in [1.54, 1.807) is 22.8 Å². The van der Waals surface area contributed by atoms with Gasteiger partial charge in [0.05, 0.1) is 11.9 Å². The number of carbonyl (C=O) groups is 1. The van der Waals surface area contributed by atoms with Crippen molar-refractivity contribution in [3.05, 3.63) is 34.8 Å². The van der Waals surface area contributed by atoms with Crippen molar-refractivity contribution in [1.82, 2.24) is 24.9 Å². The Labute approximate surface area is 182 Å². The van der Waals surface area contributed by atoms with E-state index in [-0.39, 0.29) is 5.91 Å². The highest BCUT2D eigenvalue weighted by atomic mass is 32.1. The molecule has 0 aliphatic carbocycles. The largest absolute Gasteiger partial charge is 0.356 e. The van der Waals surface area contributed by atoms with Gasteiger partial charge in [-0.25, -0.2) is 0 Å². The number of hydrogen-bond acceptors (Lipinski definition) is 5. The summed E-state index contributed by atoms with van der Waals surface area (Å²) in [7, 11) is 5.88. The zero-order chi connectivity index (χ0) is 21.1. The molecule has 0 bridgehead atoms. The van der Waals surface area contributed by atoms with Gasteiger partial charge in [-0.05, 0) is 43.8 Å². The molecule has 8 nitrogen and oxygen atoms in total. The summed E-state index contributed by atoms with van der Waals surface area (Å²) in [4.78, 5) is 25.0. The minimum absolute atomic E-state index is 0.0751. The second-order valence-corrected chi connectivity index (χ2v) is 9.09. The number of piperidine rings is 1. The molecule has 4 heterocycles. The minimum Gasteiger partial charge on any atom is -0.356 e. The Morgan fingerprint density at radius 1 is 1.33 bits per heavy atom. The highest BCUT2D eigenvalue weighted by Gasteiger charge is 2.32. The number of hydrogen-bond donors (Lipinski definition) is 1. The van der Waals surface area contributed by atoms with Gasteiger partial charge >= 0.3 is 0 Å². The molecule has 30 heavy (non-hydrogen) atoms. The second kappa shape index (κ2) is 9.18. The van der Waals surface area contributed by atoms with E-state index < -0.39 is 0 Å². The number of thiophene rings is 1. The summed E-state index contributed by atoms with van der Waals surface area (Å²) in [5.41, 5.74) is 0.856. The fourth-order valence-electron chi connectivity index (χ4n) is 4.61. The van der Waals surface area contributed by atoms with Crippen LogP contribution in [-0.4, -0.2) is 78.3 Å². The predicted molar refractivity (Wildman–Crippen MR) is 121 cm³/mol. The number of aryl methyl sites for hydroxylation is 1. The van der Waals surface area contributed by atoms with Crippen LogP contribution < -0.4 is 10.2 Å². The van der Waals surface area contributed by atoms with Gasteiger partial charge in [0, 0.05) is 50.8 Å². The van der Waals surface area contributed by atoms with Crippen LogP contribution in [0.5, 0.6) is 0 Å². The second-order valence-electron chi connectivity index (χ2n) is 8.11.